The minimum absolute atomic E-state index is 0.0684. The number of aryl methyl sites for hydroxylation is 1. The predicted molar refractivity (Wildman–Crippen MR) is 67.0 cm³/mol. The topological polar surface area (TPSA) is 34.9 Å². The lowest BCUT2D eigenvalue weighted by Gasteiger charge is -2.09. The minimum Gasteiger partial charge on any atom is -0.294 e. The van der Waals surface area contributed by atoms with Crippen LogP contribution in [0, 0.1) is 0 Å². The lowest BCUT2D eigenvalue weighted by atomic mass is 10.1. The first-order chi connectivity index (χ1) is 8.25. The summed E-state index contributed by atoms with van der Waals surface area (Å²) in [7, 11) is 0. The van der Waals surface area contributed by atoms with Gasteiger partial charge in [0.15, 0.2) is 0 Å². The van der Waals surface area contributed by atoms with Crippen molar-refractivity contribution in [3.05, 3.63) is 52.6 Å². The molecule has 0 saturated heterocycles. The quantitative estimate of drug-likeness (QED) is 0.748. The Hall–Kier alpha value is -1.90. The van der Waals surface area contributed by atoms with Crippen LogP contribution in [0.2, 0.25) is 0 Å². The molecule has 0 aliphatic carbocycles. The van der Waals surface area contributed by atoms with Gasteiger partial charge in [-0.05, 0) is 13.3 Å². The smallest absolute Gasteiger partial charge is 0.254 e. The number of hydrogen-bond donors (Lipinski definition) is 0. The molecule has 1 unspecified atom stereocenters. The van der Waals surface area contributed by atoms with Crippen molar-refractivity contribution >= 4 is 0 Å². The first kappa shape index (κ1) is 10.3. The summed E-state index contributed by atoms with van der Waals surface area (Å²) in [5.74, 6) is 0.920. The van der Waals surface area contributed by atoms with Gasteiger partial charge in [-0.25, -0.2) is 4.98 Å². The van der Waals surface area contributed by atoms with Crippen LogP contribution in [0.4, 0.5) is 0 Å². The third-order valence-electron chi connectivity index (χ3n) is 3.32. The summed E-state index contributed by atoms with van der Waals surface area (Å²) >= 11 is 0. The van der Waals surface area contributed by atoms with Gasteiger partial charge in [-0.1, -0.05) is 30.3 Å². The molecule has 86 valence electrons. The minimum atomic E-state index is 0.0684. The highest BCUT2D eigenvalue weighted by atomic mass is 16.1. The summed E-state index contributed by atoms with van der Waals surface area (Å²) in [6, 6.07) is 11.8. The highest BCUT2D eigenvalue weighted by molar-refractivity contribution is 5.58. The van der Waals surface area contributed by atoms with E-state index in [0.29, 0.717) is 0 Å². The number of fused-ring (bicyclic) bond motifs is 1. The molecule has 17 heavy (non-hydrogen) atoms. The fourth-order valence-electron chi connectivity index (χ4n) is 2.41. The molecular weight excluding hydrogens is 212 g/mol. The van der Waals surface area contributed by atoms with E-state index in [9.17, 15) is 4.79 Å². The molecule has 0 saturated carbocycles. The maximum absolute atomic E-state index is 12.0. The molecule has 0 amide bonds. The Balaban J connectivity index is 2.17. The molecule has 3 heteroatoms. The van der Waals surface area contributed by atoms with Crippen LogP contribution in [0.5, 0.6) is 0 Å². The van der Waals surface area contributed by atoms with Crippen molar-refractivity contribution < 1.29 is 0 Å². The van der Waals surface area contributed by atoms with Crippen molar-refractivity contribution in [2.45, 2.75) is 25.8 Å². The summed E-state index contributed by atoms with van der Waals surface area (Å²) < 4.78 is 1.81. The normalized spacial score (nSPS) is 18.1. The standard InChI is InChI=1S/C14H14N2O/c1-10-7-8-13-15-12(9-14(17)16(10)13)11-5-3-2-4-6-11/h2-6,9-10H,7-8H2,1H3. The van der Waals surface area contributed by atoms with Gasteiger partial charge in [0, 0.05) is 24.1 Å². The lowest BCUT2D eigenvalue weighted by molar-refractivity contribution is 0.560. The number of rotatable bonds is 1. The van der Waals surface area contributed by atoms with Crippen molar-refractivity contribution in [1.29, 1.82) is 0 Å². The molecule has 0 spiro atoms. The second-order valence-electron chi connectivity index (χ2n) is 4.52. The van der Waals surface area contributed by atoms with Crippen LogP contribution in [-0.4, -0.2) is 9.55 Å². The van der Waals surface area contributed by atoms with Crippen LogP contribution in [-0.2, 0) is 6.42 Å². The number of nitrogens with zero attached hydrogens (tertiary/aromatic N) is 2. The average molecular weight is 226 g/mol. The largest absolute Gasteiger partial charge is 0.294 e. The van der Waals surface area contributed by atoms with Gasteiger partial charge in [-0.3, -0.25) is 9.36 Å². The molecule has 1 aliphatic rings. The van der Waals surface area contributed by atoms with E-state index in [1.165, 1.54) is 0 Å². The Morgan fingerprint density at radius 3 is 2.82 bits per heavy atom. The fourth-order valence-corrected chi connectivity index (χ4v) is 2.41. The number of aromatic nitrogens is 2. The fraction of sp³-hybridized carbons (Fsp3) is 0.286. The third kappa shape index (κ3) is 1.68. The maximum Gasteiger partial charge on any atom is 0.254 e. The van der Waals surface area contributed by atoms with Crippen molar-refractivity contribution in [1.82, 2.24) is 9.55 Å². The van der Waals surface area contributed by atoms with Crippen LogP contribution in [0.25, 0.3) is 11.3 Å². The summed E-state index contributed by atoms with van der Waals surface area (Å²) in [6.45, 7) is 2.07. The molecule has 0 N–H and O–H groups in total. The van der Waals surface area contributed by atoms with Crippen molar-refractivity contribution in [2.75, 3.05) is 0 Å². The van der Waals surface area contributed by atoms with Gasteiger partial charge < -0.3 is 0 Å². The molecule has 1 aromatic heterocycles. The van der Waals surface area contributed by atoms with E-state index < -0.39 is 0 Å². The second kappa shape index (κ2) is 3.84. The zero-order chi connectivity index (χ0) is 11.8. The summed E-state index contributed by atoms with van der Waals surface area (Å²) in [4.78, 5) is 16.6. The highest BCUT2D eigenvalue weighted by Crippen LogP contribution is 2.23. The van der Waals surface area contributed by atoms with E-state index >= 15 is 0 Å². The molecule has 3 rings (SSSR count). The molecule has 0 bridgehead atoms. The van der Waals surface area contributed by atoms with E-state index in [2.05, 4.69) is 11.9 Å². The molecular formula is C14H14N2O. The average Bonchev–Trinajstić information content (AvgIpc) is 2.73. The van der Waals surface area contributed by atoms with Crippen LogP contribution in [0.3, 0.4) is 0 Å². The molecule has 2 aromatic rings. The van der Waals surface area contributed by atoms with Gasteiger partial charge in [-0.15, -0.1) is 0 Å². The van der Waals surface area contributed by atoms with Gasteiger partial charge >= 0.3 is 0 Å². The molecule has 1 atom stereocenters. The Morgan fingerprint density at radius 1 is 1.29 bits per heavy atom. The van der Waals surface area contributed by atoms with E-state index in [1.807, 2.05) is 34.9 Å². The number of hydrogen-bond acceptors (Lipinski definition) is 2. The third-order valence-corrected chi connectivity index (χ3v) is 3.32. The molecule has 1 aliphatic heterocycles. The van der Waals surface area contributed by atoms with Gasteiger partial charge in [0.1, 0.15) is 5.82 Å². The van der Waals surface area contributed by atoms with Gasteiger partial charge in [0.05, 0.1) is 5.69 Å². The summed E-state index contributed by atoms with van der Waals surface area (Å²) in [5.41, 5.74) is 1.86. The molecule has 2 heterocycles. The van der Waals surface area contributed by atoms with Crippen molar-refractivity contribution in [2.24, 2.45) is 0 Å². The van der Waals surface area contributed by atoms with E-state index in [-0.39, 0.29) is 11.6 Å². The summed E-state index contributed by atoms with van der Waals surface area (Å²) in [5, 5.41) is 0. The summed E-state index contributed by atoms with van der Waals surface area (Å²) in [6.07, 6.45) is 1.91. The zero-order valence-electron chi connectivity index (χ0n) is 9.76. The van der Waals surface area contributed by atoms with Crippen LogP contribution >= 0.6 is 0 Å². The first-order valence-corrected chi connectivity index (χ1v) is 5.93. The van der Waals surface area contributed by atoms with Gasteiger partial charge in [0.2, 0.25) is 0 Å². The SMILES string of the molecule is CC1CCc2nc(-c3ccccc3)cc(=O)n21. The predicted octanol–water partition coefficient (Wildman–Crippen LogP) is 2.42. The van der Waals surface area contributed by atoms with E-state index in [0.717, 1.165) is 29.9 Å². The lowest BCUT2D eigenvalue weighted by Crippen LogP contribution is -2.22. The zero-order valence-corrected chi connectivity index (χ0v) is 9.76. The Labute approximate surface area is 99.8 Å². The van der Waals surface area contributed by atoms with Crippen LogP contribution in [0.15, 0.2) is 41.2 Å². The highest BCUT2D eigenvalue weighted by Gasteiger charge is 2.21. The van der Waals surface area contributed by atoms with Gasteiger partial charge in [-0.2, -0.15) is 0 Å². The van der Waals surface area contributed by atoms with Crippen molar-refractivity contribution in [3.63, 3.8) is 0 Å². The molecule has 0 radical (unpaired) electrons. The molecule has 3 nitrogen and oxygen atoms in total. The van der Waals surface area contributed by atoms with Crippen LogP contribution in [0.1, 0.15) is 25.2 Å². The van der Waals surface area contributed by atoms with Crippen LogP contribution < -0.4 is 5.56 Å². The maximum atomic E-state index is 12.0. The Kier molecular flexibility index (Phi) is 2.32. The second-order valence-corrected chi connectivity index (χ2v) is 4.52. The monoisotopic (exact) mass is 226 g/mol. The van der Waals surface area contributed by atoms with Gasteiger partial charge in [0.25, 0.3) is 5.56 Å². The van der Waals surface area contributed by atoms with Crippen molar-refractivity contribution in [3.8, 4) is 11.3 Å². The van der Waals surface area contributed by atoms with E-state index in [4.69, 9.17) is 0 Å². The molecule has 1 aromatic carbocycles. The van der Waals surface area contributed by atoms with E-state index in [1.54, 1.807) is 6.07 Å². The number of benzene rings is 1. The Morgan fingerprint density at radius 2 is 2.06 bits per heavy atom. The molecule has 0 fully saturated rings. The first-order valence-electron chi connectivity index (χ1n) is 5.93. The Bertz CT molecular complexity index is 601.